The second kappa shape index (κ2) is 14.2. The summed E-state index contributed by atoms with van der Waals surface area (Å²) in [7, 11) is 0. The Balaban J connectivity index is 1.59. The summed E-state index contributed by atoms with van der Waals surface area (Å²) in [6.45, 7) is 6.09. The number of carbonyl (C=O) groups is 3. The second-order valence-corrected chi connectivity index (χ2v) is 11.6. The molecule has 0 saturated carbocycles. The molecular formula is C28H36N2O4S2. The van der Waals surface area contributed by atoms with E-state index in [2.05, 4.69) is 17.6 Å². The fraction of sp³-hybridized carbons (Fsp3) is 0.464. The van der Waals surface area contributed by atoms with E-state index in [-0.39, 0.29) is 29.9 Å². The Labute approximate surface area is 221 Å². The van der Waals surface area contributed by atoms with Crippen LogP contribution in [-0.4, -0.2) is 35.4 Å². The highest BCUT2D eigenvalue weighted by molar-refractivity contribution is 7.99. The molecule has 2 heterocycles. The molecule has 0 saturated heterocycles. The highest BCUT2D eigenvalue weighted by Crippen LogP contribution is 2.25. The van der Waals surface area contributed by atoms with Crippen molar-refractivity contribution >= 4 is 50.8 Å². The molecule has 0 spiro atoms. The zero-order chi connectivity index (χ0) is 25.9. The molecular weight excluding hydrogens is 492 g/mol. The number of furan rings is 1. The summed E-state index contributed by atoms with van der Waals surface area (Å²) >= 11 is 3.07. The Kier molecular flexibility index (Phi) is 11.1. The van der Waals surface area contributed by atoms with E-state index in [1.807, 2.05) is 56.3 Å². The number of benzene rings is 1. The van der Waals surface area contributed by atoms with Crippen LogP contribution in [0.15, 0.2) is 53.1 Å². The first-order valence-electron chi connectivity index (χ1n) is 12.6. The molecule has 8 heteroatoms. The third-order valence-electron chi connectivity index (χ3n) is 5.79. The number of thioether (sulfide) groups is 1. The van der Waals surface area contributed by atoms with E-state index in [0.717, 1.165) is 33.6 Å². The molecule has 2 atom stereocenters. The first-order chi connectivity index (χ1) is 17.4. The van der Waals surface area contributed by atoms with Gasteiger partial charge in [0.15, 0.2) is 5.78 Å². The van der Waals surface area contributed by atoms with Crippen LogP contribution in [0.3, 0.4) is 0 Å². The molecule has 0 bridgehead atoms. The third-order valence-corrected chi connectivity index (χ3v) is 7.88. The summed E-state index contributed by atoms with van der Waals surface area (Å²) in [5.41, 5.74) is 0. The van der Waals surface area contributed by atoms with Crippen molar-refractivity contribution in [3.05, 3.63) is 59.4 Å². The molecule has 0 aliphatic carbocycles. The topological polar surface area (TPSA) is 88.4 Å². The largest absolute Gasteiger partial charge is 0.468 e. The van der Waals surface area contributed by atoms with Crippen LogP contribution in [0.4, 0.5) is 0 Å². The van der Waals surface area contributed by atoms with Crippen molar-refractivity contribution in [3.63, 3.8) is 0 Å². The molecule has 3 aromatic rings. The summed E-state index contributed by atoms with van der Waals surface area (Å²) in [5, 5.41) is 7.00. The molecule has 2 amide bonds. The van der Waals surface area contributed by atoms with Crippen molar-refractivity contribution in [1.29, 1.82) is 0 Å². The molecule has 0 aliphatic rings. The number of fused-ring (bicyclic) bond motifs is 1. The lowest BCUT2D eigenvalue weighted by Gasteiger charge is -2.24. The Morgan fingerprint density at radius 1 is 1.06 bits per heavy atom. The molecule has 3 rings (SSSR count). The average Bonchev–Trinajstić information content (AvgIpc) is 3.50. The van der Waals surface area contributed by atoms with Gasteiger partial charge in [0.25, 0.3) is 0 Å². The van der Waals surface area contributed by atoms with E-state index in [4.69, 9.17) is 4.42 Å². The third kappa shape index (κ3) is 8.82. The SMILES string of the molecule is CCCC[C@H](NC(=O)[C@H](CC(C)C)NC(=O)Cc1cc2ccccc2s1)C(=O)CSCc1ccco1. The molecule has 0 fully saturated rings. The first kappa shape index (κ1) is 28.0. The number of carbonyl (C=O) groups excluding carboxylic acids is 3. The maximum Gasteiger partial charge on any atom is 0.243 e. The average molecular weight is 529 g/mol. The summed E-state index contributed by atoms with van der Waals surface area (Å²) in [4.78, 5) is 40.0. The minimum atomic E-state index is -0.681. The lowest BCUT2D eigenvalue weighted by Crippen LogP contribution is -2.52. The number of nitrogens with one attached hydrogen (secondary N) is 2. The van der Waals surface area contributed by atoms with E-state index in [1.54, 1.807) is 17.6 Å². The summed E-state index contributed by atoms with van der Waals surface area (Å²) < 4.78 is 6.47. The molecule has 6 nitrogen and oxygen atoms in total. The summed E-state index contributed by atoms with van der Waals surface area (Å²) in [6, 6.07) is 12.5. The first-order valence-corrected chi connectivity index (χ1v) is 14.5. The van der Waals surface area contributed by atoms with E-state index < -0.39 is 12.1 Å². The van der Waals surface area contributed by atoms with E-state index >= 15 is 0 Å². The van der Waals surface area contributed by atoms with Gasteiger partial charge in [-0.2, -0.15) is 0 Å². The van der Waals surface area contributed by atoms with Gasteiger partial charge < -0.3 is 15.1 Å². The normalized spacial score (nSPS) is 13.0. The van der Waals surface area contributed by atoms with E-state index in [0.29, 0.717) is 24.3 Å². The van der Waals surface area contributed by atoms with E-state index in [9.17, 15) is 14.4 Å². The van der Waals surface area contributed by atoms with Crippen LogP contribution in [-0.2, 0) is 26.6 Å². The zero-order valence-corrected chi connectivity index (χ0v) is 22.9. The van der Waals surface area contributed by atoms with Crippen molar-refractivity contribution in [2.75, 3.05) is 5.75 Å². The second-order valence-electron chi connectivity index (χ2n) is 9.42. The van der Waals surface area contributed by atoms with Crippen LogP contribution in [0.2, 0.25) is 0 Å². The Hall–Kier alpha value is -2.58. The van der Waals surface area contributed by atoms with Crippen molar-refractivity contribution in [3.8, 4) is 0 Å². The predicted molar refractivity (Wildman–Crippen MR) is 148 cm³/mol. The van der Waals surface area contributed by atoms with Gasteiger partial charge in [-0.1, -0.05) is 51.8 Å². The molecule has 0 unspecified atom stereocenters. The quantitative estimate of drug-likeness (QED) is 0.262. The van der Waals surface area contributed by atoms with Crippen molar-refractivity contribution < 1.29 is 18.8 Å². The minimum absolute atomic E-state index is 0.00625. The van der Waals surface area contributed by atoms with Gasteiger partial charge in [0.2, 0.25) is 11.8 Å². The van der Waals surface area contributed by atoms with Gasteiger partial charge in [-0.15, -0.1) is 23.1 Å². The van der Waals surface area contributed by atoms with Crippen LogP contribution < -0.4 is 10.6 Å². The van der Waals surface area contributed by atoms with E-state index in [1.165, 1.54) is 11.8 Å². The smallest absolute Gasteiger partial charge is 0.243 e. The van der Waals surface area contributed by atoms with Gasteiger partial charge in [-0.3, -0.25) is 14.4 Å². The Morgan fingerprint density at radius 2 is 1.86 bits per heavy atom. The molecule has 1 aromatic carbocycles. The zero-order valence-electron chi connectivity index (χ0n) is 21.3. The van der Waals surface area contributed by atoms with Gasteiger partial charge in [-0.05, 0) is 48.4 Å². The number of thiophene rings is 1. The van der Waals surface area contributed by atoms with Crippen LogP contribution in [0.1, 0.15) is 57.1 Å². The van der Waals surface area contributed by atoms with Gasteiger partial charge in [0, 0.05) is 9.58 Å². The monoisotopic (exact) mass is 528 g/mol. The number of Topliss-reactive ketones (excluding diaryl/α,β-unsaturated/α-hetero) is 1. The van der Waals surface area contributed by atoms with Crippen molar-refractivity contribution in [1.82, 2.24) is 10.6 Å². The van der Waals surface area contributed by atoms with Crippen molar-refractivity contribution in [2.24, 2.45) is 5.92 Å². The van der Waals surface area contributed by atoms with Crippen LogP contribution >= 0.6 is 23.1 Å². The number of ketones is 1. The maximum absolute atomic E-state index is 13.2. The molecule has 36 heavy (non-hydrogen) atoms. The standard InChI is InChI=1S/C28H36N2O4S2/c1-4-5-11-23(25(31)18-35-17-21-10-8-13-34-21)30-28(33)24(14-19(2)3)29-27(32)16-22-15-20-9-6-7-12-26(20)36-22/h6-10,12-13,15,19,23-24H,4-5,11,14,16-18H2,1-3H3,(H,29,32)(H,30,33)/t23-,24-/m0/s1. The number of amides is 2. The number of hydrogen-bond donors (Lipinski definition) is 2. The molecule has 2 aromatic heterocycles. The minimum Gasteiger partial charge on any atom is -0.468 e. The predicted octanol–water partition coefficient (Wildman–Crippen LogP) is 5.75. The number of unbranched alkanes of at least 4 members (excludes halogenated alkanes) is 1. The molecule has 194 valence electrons. The molecule has 2 N–H and O–H groups in total. The van der Waals surface area contributed by atoms with Crippen LogP contribution in [0.5, 0.6) is 0 Å². The van der Waals surface area contributed by atoms with Crippen molar-refractivity contribution in [2.45, 2.75) is 70.7 Å². The summed E-state index contributed by atoms with van der Waals surface area (Å²) in [6.07, 6.45) is 4.71. The Bertz CT molecular complexity index is 1090. The fourth-order valence-corrected chi connectivity index (χ4v) is 5.91. The van der Waals surface area contributed by atoms with Gasteiger partial charge in [0.05, 0.1) is 30.2 Å². The lowest BCUT2D eigenvalue weighted by atomic mass is 10.0. The highest BCUT2D eigenvalue weighted by atomic mass is 32.2. The highest BCUT2D eigenvalue weighted by Gasteiger charge is 2.27. The molecule has 0 aliphatic heterocycles. The van der Waals surface area contributed by atoms with Crippen LogP contribution in [0, 0.1) is 5.92 Å². The van der Waals surface area contributed by atoms with Crippen LogP contribution in [0.25, 0.3) is 10.1 Å². The number of rotatable bonds is 15. The van der Waals surface area contributed by atoms with Gasteiger partial charge in [-0.25, -0.2) is 0 Å². The molecule has 0 radical (unpaired) electrons. The Morgan fingerprint density at radius 3 is 2.56 bits per heavy atom. The van der Waals surface area contributed by atoms with Gasteiger partial charge in [0.1, 0.15) is 11.8 Å². The lowest BCUT2D eigenvalue weighted by molar-refractivity contribution is -0.131. The summed E-state index contributed by atoms with van der Waals surface area (Å²) in [5.74, 6) is 1.44. The fourth-order valence-electron chi connectivity index (χ4n) is 3.97. The number of hydrogen-bond acceptors (Lipinski definition) is 6. The van der Waals surface area contributed by atoms with Gasteiger partial charge >= 0.3 is 0 Å². The maximum atomic E-state index is 13.2.